The molecule has 0 spiro atoms. The molecule has 0 aromatic heterocycles. The summed E-state index contributed by atoms with van der Waals surface area (Å²) in [4.78, 5) is 26.3. The highest BCUT2D eigenvalue weighted by atomic mass is 16.7. The molecule has 4 rings (SSSR count). The van der Waals surface area contributed by atoms with Crippen LogP contribution < -0.4 is 14.8 Å². The van der Waals surface area contributed by atoms with Gasteiger partial charge >= 0.3 is 11.9 Å². The number of hydrogen-bond donors (Lipinski definition) is 1. The largest absolute Gasteiger partial charge is 0.463 e. The Kier molecular flexibility index (Phi) is 6.16. The molecule has 0 aliphatic carbocycles. The third-order valence-corrected chi connectivity index (χ3v) is 5.43. The zero-order valence-electron chi connectivity index (χ0n) is 18.3. The van der Waals surface area contributed by atoms with E-state index in [0.29, 0.717) is 39.6 Å². The molecule has 0 fully saturated rings. The molecule has 0 bridgehead atoms. The van der Waals surface area contributed by atoms with Crippen LogP contribution in [0.3, 0.4) is 0 Å². The first-order valence-corrected chi connectivity index (χ1v) is 10.5. The number of rotatable bonds is 6. The fourth-order valence-corrected chi connectivity index (χ4v) is 4.04. The van der Waals surface area contributed by atoms with Gasteiger partial charge in [0.1, 0.15) is 6.61 Å². The van der Waals surface area contributed by atoms with Crippen molar-refractivity contribution >= 4 is 11.9 Å². The van der Waals surface area contributed by atoms with Gasteiger partial charge in [-0.2, -0.15) is 0 Å². The Balaban J connectivity index is 1.76. The molecule has 2 heterocycles. The van der Waals surface area contributed by atoms with E-state index in [0.717, 1.165) is 5.56 Å². The molecule has 32 heavy (non-hydrogen) atoms. The first kappa shape index (κ1) is 21.5. The Morgan fingerprint density at radius 1 is 0.938 bits per heavy atom. The van der Waals surface area contributed by atoms with Crippen molar-refractivity contribution < 1.29 is 28.5 Å². The van der Waals surface area contributed by atoms with Gasteiger partial charge in [-0.1, -0.05) is 42.5 Å². The van der Waals surface area contributed by atoms with Crippen molar-refractivity contribution in [3.63, 3.8) is 0 Å². The number of para-hydroxylation sites is 1. The van der Waals surface area contributed by atoms with Crippen LogP contribution in [0.5, 0.6) is 11.5 Å². The number of dihydropyridines is 1. The second-order valence-corrected chi connectivity index (χ2v) is 7.50. The maximum atomic E-state index is 13.3. The summed E-state index contributed by atoms with van der Waals surface area (Å²) in [7, 11) is 0. The third-order valence-electron chi connectivity index (χ3n) is 5.43. The molecule has 0 saturated heterocycles. The number of benzene rings is 2. The van der Waals surface area contributed by atoms with Gasteiger partial charge < -0.3 is 24.3 Å². The highest BCUT2D eigenvalue weighted by Gasteiger charge is 2.40. The van der Waals surface area contributed by atoms with Crippen LogP contribution in [0.15, 0.2) is 71.1 Å². The molecule has 1 atom stereocenters. The smallest absolute Gasteiger partial charge is 0.337 e. The molecule has 7 heteroatoms. The van der Waals surface area contributed by atoms with Crippen LogP contribution >= 0.6 is 0 Å². The Morgan fingerprint density at radius 3 is 2.31 bits per heavy atom. The van der Waals surface area contributed by atoms with Crippen molar-refractivity contribution in [3.05, 3.63) is 82.2 Å². The summed E-state index contributed by atoms with van der Waals surface area (Å²) in [6, 6.07) is 14.9. The van der Waals surface area contributed by atoms with Gasteiger partial charge in [0.05, 0.1) is 23.7 Å². The quantitative estimate of drug-likeness (QED) is 0.688. The Labute approximate surface area is 186 Å². The van der Waals surface area contributed by atoms with Gasteiger partial charge in [0.25, 0.3) is 0 Å². The molecular weight excluding hydrogens is 410 g/mol. The van der Waals surface area contributed by atoms with Crippen molar-refractivity contribution in [2.75, 3.05) is 13.4 Å². The van der Waals surface area contributed by atoms with Crippen LogP contribution in [0.2, 0.25) is 0 Å². The summed E-state index contributed by atoms with van der Waals surface area (Å²) in [6.07, 6.45) is 0. The minimum atomic E-state index is -0.727. The predicted molar refractivity (Wildman–Crippen MR) is 117 cm³/mol. The van der Waals surface area contributed by atoms with E-state index in [2.05, 4.69) is 5.32 Å². The Hall–Kier alpha value is -3.74. The van der Waals surface area contributed by atoms with Gasteiger partial charge in [0, 0.05) is 17.0 Å². The fourth-order valence-electron chi connectivity index (χ4n) is 4.04. The first-order chi connectivity index (χ1) is 15.5. The second-order valence-electron chi connectivity index (χ2n) is 7.50. The zero-order valence-corrected chi connectivity index (χ0v) is 18.3. The fraction of sp³-hybridized carbons (Fsp3) is 0.280. The van der Waals surface area contributed by atoms with Gasteiger partial charge in [-0.05, 0) is 32.4 Å². The van der Waals surface area contributed by atoms with E-state index in [1.165, 1.54) is 0 Å². The lowest BCUT2D eigenvalue weighted by molar-refractivity contribution is -0.140. The number of esters is 2. The van der Waals surface area contributed by atoms with Crippen LogP contribution in [0.25, 0.3) is 0 Å². The normalized spacial score (nSPS) is 17.2. The molecule has 166 valence electrons. The summed E-state index contributed by atoms with van der Waals surface area (Å²) in [6.45, 7) is 5.73. The minimum absolute atomic E-state index is 0.0746. The number of hydrogen-bond acceptors (Lipinski definition) is 7. The predicted octanol–water partition coefficient (Wildman–Crippen LogP) is 3.96. The molecule has 7 nitrogen and oxygen atoms in total. The van der Waals surface area contributed by atoms with E-state index in [-0.39, 0.29) is 20.0 Å². The Bertz CT molecular complexity index is 1100. The topological polar surface area (TPSA) is 83.1 Å². The van der Waals surface area contributed by atoms with Crippen molar-refractivity contribution in [2.24, 2.45) is 0 Å². The lowest BCUT2D eigenvalue weighted by Gasteiger charge is -2.30. The lowest BCUT2D eigenvalue weighted by atomic mass is 9.80. The molecule has 0 radical (unpaired) electrons. The van der Waals surface area contributed by atoms with Gasteiger partial charge in [0.15, 0.2) is 11.5 Å². The summed E-state index contributed by atoms with van der Waals surface area (Å²) in [5.41, 5.74) is 3.41. The van der Waals surface area contributed by atoms with Gasteiger partial charge in [0.2, 0.25) is 6.79 Å². The molecule has 1 unspecified atom stereocenters. The van der Waals surface area contributed by atoms with Crippen LogP contribution in [-0.4, -0.2) is 25.3 Å². The van der Waals surface area contributed by atoms with Gasteiger partial charge in [-0.25, -0.2) is 9.59 Å². The van der Waals surface area contributed by atoms with E-state index in [9.17, 15) is 9.59 Å². The molecule has 1 N–H and O–H groups in total. The van der Waals surface area contributed by atoms with Crippen LogP contribution in [0.1, 0.15) is 37.8 Å². The van der Waals surface area contributed by atoms with Crippen LogP contribution in [0, 0.1) is 0 Å². The molecule has 2 aliphatic heterocycles. The highest BCUT2D eigenvalue weighted by Crippen LogP contribution is 2.47. The van der Waals surface area contributed by atoms with Crippen molar-refractivity contribution in [3.8, 4) is 11.5 Å². The SMILES string of the molecule is CCOC(=O)C1=C(C)NC(C)=C(C(=O)OCc2ccccc2)C1c1cccc2c1OCO2. The molecule has 0 amide bonds. The maximum Gasteiger partial charge on any atom is 0.337 e. The van der Waals surface area contributed by atoms with E-state index >= 15 is 0 Å². The monoisotopic (exact) mass is 435 g/mol. The van der Waals surface area contributed by atoms with Crippen LogP contribution in [-0.2, 0) is 25.7 Å². The second kappa shape index (κ2) is 9.18. The number of allylic oxidation sites excluding steroid dienone is 2. The van der Waals surface area contributed by atoms with Crippen molar-refractivity contribution in [1.82, 2.24) is 5.32 Å². The molecule has 0 saturated carbocycles. The molecule has 2 aliphatic rings. The average molecular weight is 435 g/mol. The average Bonchev–Trinajstić information content (AvgIpc) is 3.27. The number of carbonyl (C=O) groups excluding carboxylic acids is 2. The Morgan fingerprint density at radius 2 is 1.62 bits per heavy atom. The molecule has 2 aromatic rings. The number of fused-ring (bicyclic) bond motifs is 1. The first-order valence-electron chi connectivity index (χ1n) is 10.5. The zero-order chi connectivity index (χ0) is 22.7. The standard InChI is InChI=1S/C25H25NO6/c1-4-29-24(27)20-15(2)26-16(3)21(25(28)30-13-17-9-6-5-7-10-17)22(20)18-11-8-12-19-23(18)32-14-31-19/h5-12,22,26H,4,13-14H2,1-3H3. The van der Waals surface area contributed by atoms with Crippen molar-refractivity contribution in [2.45, 2.75) is 33.3 Å². The van der Waals surface area contributed by atoms with E-state index < -0.39 is 17.9 Å². The maximum absolute atomic E-state index is 13.3. The minimum Gasteiger partial charge on any atom is -0.463 e. The summed E-state index contributed by atoms with van der Waals surface area (Å²) < 4.78 is 22.2. The van der Waals surface area contributed by atoms with E-state index in [1.54, 1.807) is 26.8 Å². The number of carbonyl (C=O) groups is 2. The summed E-state index contributed by atoms with van der Waals surface area (Å²) in [5.74, 6) is -0.670. The van der Waals surface area contributed by atoms with E-state index in [1.807, 2.05) is 42.5 Å². The van der Waals surface area contributed by atoms with Crippen LogP contribution in [0.4, 0.5) is 0 Å². The summed E-state index contributed by atoms with van der Waals surface area (Å²) >= 11 is 0. The van der Waals surface area contributed by atoms with Crippen molar-refractivity contribution in [1.29, 1.82) is 0 Å². The lowest BCUT2D eigenvalue weighted by Crippen LogP contribution is -2.32. The van der Waals surface area contributed by atoms with Gasteiger partial charge in [-0.3, -0.25) is 0 Å². The number of nitrogens with one attached hydrogen (secondary N) is 1. The molecular formula is C25H25NO6. The van der Waals surface area contributed by atoms with Gasteiger partial charge in [-0.15, -0.1) is 0 Å². The summed E-state index contributed by atoms with van der Waals surface area (Å²) in [5, 5.41) is 3.15. The molecule has 2 aromatic carbocycles. The van der Waals surface area contributed by atoms with E-state index in [4.69, 9.17) is 18.9 Å². The number of ether oxygens (including phenoxy) is 4. The third kappa shape index (κ3) is 4.06. The highest BCUT2D eigenvalue weighted by molar-refractivity contribution is 6.00.